The van der Waals surface area contributed by atoms with Crippen LogP contribution in [0.2, 0.25) is 0 Å². The SMILES string of the molecule is CC(=O)c1cc(-c2ccc(O)cc2)cc(-c2ccc(O)cc2)c1. The molecule has 0 atom stereocenters. The van der Waals surface area contributed by atoms with Gasteiger partial charge in [0.05, 0.1) is 0 Å². The lowest BCUT2D eigenvalue weighted by Gasteiger charge is -2.09. The van der Waals surface area contributed by atoms with Gasteiger partial charge in [0.2, 0.25) is 0 Å². The minimum Gasteiger partial charge on any atom is -0.508 e. The van der Waals surface area contributed by atoms with Crippen LogP contribution in [0.1, 0.15) is 17.3 Å². The maximum absolute atomic E-state index is 11.8. The molecule has 0 aliphatic carbocycles. The molecule has 0 aliphatic rings. The van der Waals surface area contributed by atoms with E-state index in [1.165, 1.54) is 6.92 Å². The lowest BCUT2D eigenvalue weighted by molar-refractivity contribution is 0.101. The van der Waals surface area contributed by atoms with E-state index in [2.05, 4.69) is 0 Å². The average molecular weight is 304 g/mol. The topological polar surface area (TPSA) is 57.5 Å². The van der Waals surface area contributed by atoms with Gasteiger partial charge in [0, 0.05) is 5.56 Å². The highest BCUT2D eigenvalue weighted by Crippen LogP contribution is 2.30. The lowest BCUT2D eigenvalue weighted by atomic mass is 9.95. The van der Waals surface area contributed by atoms with Crippen molar-refractivity contribution in [2.24, 2.45) is 0 Å². The van der Waals surface area contributed by atoms with Gasteiger partial charge in [0.25, 0.3) is 0 Å². The van der Waals surface area contributed by atoms with E-state index in [-0.39, 0.29) is 17.3 Å². The quantitative estimate of drug-likeness (QED) is 0.693. The zero-order valence-corrected chi connectivity index (χ0v) is 12.7. The molecule has 3 nitrogen and oxygen atoms in total. The van der Waals surface area contributed by atoms with Crippen LogP contribution in [0.15, 0.2) is 66.7 Å². The Morgan fingerprint density at radius 3 is 1.39 bits per heavy atom. The van der Waals surface area contributed by atoms with Crippen LogP contribution < -0.4 is 0 Å². The fourth-order valence-corrected chi connectivity index (χ4v) is 2.47. The van der Waals surface area contributed by atoms with E-state index >= 15 is 0 Å². The van der Waals surface area contributed by atoms with Crippen molar-refractivity contribution in [2.45, 2.75) is 6.92 Å². The summed E-state index contributed by atoms with van der Waals surface area (Å²) < 4.78 is 0. The molecule has 0 bridgehead atoms. The molecule has 0 fully saturated rings. The first-order valence-corrected chi connectivity index (χ1v) is 7.28. The van der Waals surface area contributed by atoms with Crippen LogP contribution in [-0.4, -0.2) is 16.0 Å². The van der Waals surface area contributed by atoms with Gasteiger partial charge in [-0.05, 0) is 71.6 Å². The van der Waals surface area contributed by atoms with E-state index in [0.29, 0.717) is 5.56 Å². The minimum absolute atomic E-state index is 0.00865. The normalized spacial score (nSPS) is 10.5. The summed E-state index contributed by atoms with van der Waals surface area (Å²) in [6.45, 7) is 1.54. The van der Waals surface area contributed by atoms with Gasteiger partial charge in [0.1, 0.15) is 11.5 Å². The predicted octanol–water partition coefficient (Wildman–Crippen LogP) is 4.63. The highest BCUT2D eigenvalue weighted by Gasteiger charge is 2.08. The standard InChI is InChI=1S/C20H16O3/c1-13(21)16-10-17(14-2-6-19(22)7-3-14)12-18(11-16)15-4-8-20(23)9-5-15/h2-12,22-23H,1H3. The Kier molecular flexibility index (Phi) is 3.85. The molecule has 0 unspecified atom stereocenters. The molecule has 3 heteroatoms. The van der Waals surface area contributed by atoms with Crippen LogP contribution in [-0.2, 0) is 0 Å². The molecule has 2 N–H and O–H groups in total. The highest BCUT2D eigenvalue weighted by atomic mass is 16.3. The Hall–Kier alpha value is -3.07. The predicted molar refractivity (Wildman–Crippen MR) is 90.6 cm³/mol. The number of rotatable bonds is 3. The van der Waals surface area contributed by atoms with Crippen molar-refractivity contribution < 1.29 is 15.0 Å². The van der Waals surface area contributed by atoms with Crippen molar-refractivity contribution in [3.05, 3.63) is 72.3 Å². The van der Waals surface area contributed by atoms with E-state index < -0.39 is 0 Å². The first-order chi connectivity index (χ1) is 11.0. The van der Waals surface area contributed by atoms with Crippen molar-refractivity contribution in [3.8, 4) is 33.8 Å². The third-order valence-electron chi connectivity index (χ3n) is 3.74. The number of benzene rings is 3. The van der Waals surface area contributed by atoms with Gasteiger partial charge < -0.3 is 10.2 Å². The van der Waals surface area contributed by atoms with Gasteiger partial charge >= 0.3 is 0 Å². The molecule has 0 spiro atoms. The smallest absolute Gasteiger partial charge is 0.159 e. The number of phenolic OH excluding ortho intramolecular Hbond substituents is 2. The number of ketones is 1. The molecule has 3 rings (SSSR count). The van der Waals surface area contributed by atoms with E-state index in [1.54, 1.807) is 24.3 Å². The fourth-order valence-electron chi connectivity index (χ4n) is 2.47. The molecule has 0 heterocycles. The monoisotopic (exact) mass is 304 g/mol. The summed E-state index contributed by atoms with van der Waals surface area (Å²) in [5.41, 5.74) is 4.28. The van der Waals surface area contributed by atoms with Crippen LogP contribution in [0.3, 0.4) is 0 Å². The van der Waals surface area contributed by atoms with Crippen LogP contribution in [0.4, 0.5) is 0 Å². The maximum atomic E-state index is 11.8. The van der Waals surface area contributed by atoms with Crippen molar-refractivity contribution in [1.29, 1.82) is 0 Å². The summed E-state index contributed by atoms with van der Waals surface area (Å²) in [4.78, 5) is 11.8. The molecule has 114 valence electrons. The molecule has 0 saturated carbocycles. The van der Waals surface area contributed by atoms with E-state index in [1.807, 2.05) is 42.5 Å². The van der Waals surface area contributed by atoms with Crippen molar-refractivity contribution in [3.63, 3.8) is 0 Å². The summed E-state index contributed by atoms with van der Waals surface area (Å²) in [6, 6.07) is 19.4. The summed E-state index contributed by atoms with van der Waals surface area (Å²) in [5, 5.41) is 18.9. The Balaban J connectivity index is 2.15. The molecule has 3 aromatic rings. The van der Waals surface area contributed by atoms with Crippen molar-refractivity contribution in [2.75, 3.05) is 0 Å². The number of Topliss-reactive ketones (excluding diaryl/α,β-unsaturated/α-hetero) is 1. The highest BCUT2D eigenvalue weighted by molar-refractivity contribution is 5.97. The molecular weight excluding hydrogens is 288 g/mol. The molecule has 3 aromatic carbocycles. The molecule has 0 amide bonds. The molecule has 0 saturated heterocycles. The molecule has 0 aliphatic heterocycles. The summed E-state index contributed by atoms with van der Waals surface area (Å²) >= 11 is 0. The van der Waals surface area contributed by atoms with E-state index in [9.17, 15) is 15.0 Å². The second-order valence-electron chi connectivity index (χ2n) is 5.45. The van der Waals surface area contributed by atoms with Crippen LogP contribution in [0, 0.1) is 0 Å². The molecule has 0 radical (unpaired) electrons. The van der Waals surface area contributed by atoms with Crippen molar-refractivity contribution in [1.82, 2.24) is 0 Å². The van der Waals surface area contributed by atoms with E-state index in [4.69, 9.17) is 0 Å². The van der Waals surface area contributed by atoms with Crippen LogP contribution in [0.5, 0.6) is 11.5 Å². The maximum Gasteiger partial charge on any atom is 0.159 e. The Labute approximate surface area is 134 Å². The third-order valence-corrected chi connectivity index (χ3v) is 3.74. The molecule has 0 aromatic heterocycles. The van der Waals surface area contributed by atoms with Crippen molar-refractivity contribution >= 4 is 5.78 Å². The summed E-state index contributed by atoms with van der Waals surface area (Å²) in [7, 11) is 0. The molecule has 23 heavy (non-hydrogen) atoms. The third kappa shape index (κ3) is 3.24. The first-order valence-electron chi connectivity index (χ1n) is 7.28. The van der Waals surface area contributed by atoms with Gasteiger partial charge in [-0.1, -0.05) is 24.3 Å². The molecular formula is C20H16O3. The lowest BCUT2D eigenvalue weighted by Crippen LogP contribution is -1.94. The van der Waals surface area contributed by atoms with Gasteiger partial charge in [-0.25, -0.2) is 0 Å². The zero-order chi connectivity index (χ0) is 16.4. The number of carbonyl (C=O) groups is 1. The Bertz CT molecular complexity index is 783. The zero-order valence-electron chi connectivity index (χ0n) is 12.7. The minimum atomic E-state index is -0.00865. The van der Waals surface area contributed by atoms with Crippen LogP contribution in [0.25, 0.3) is 22.3 Å². The number of phenols is 2. The average Bonchev–Trinajstić information content (AvgIpc) is 2.55. The number of hydrogen-bond acceptors (Lipinski definition) is 3. The fraction of sp³-hybridized carbons (Fsp3) is 0.0500. The van der Waals surface area contributed by atoms with Gasteiger partial charge in [-0.15, -0.1) is 0 Å². The van der Waals surface area contributed by atoms with Crippen LogP contribution >= 0.6 is 0 Å². The van der Waals surface area contributed by atoms with Gasteiger partial charge in [-0.2, -0.15) is 0 Å². The Morgan fingerprint density at radius 2 is 1.04 bits per heavy atom. The largest absolute Gasteiger partial charge is 0.508 e. The van der Waals surface area contributed by atoms with Gasteiger partial charge in [0.15, 0.2) is 5.78 Å². The first kappa shape index (κ1) is 14.9. The number of carbonyl (C=O) groups excluding carboxylic acids is 1. The summed E-state index contributed by atoms with van der Waals surface area (Å²) in [6.07, 6.45) is 0. The number of aromatic hydroxyl groups is 2. The second-order valence-corrected chi connectivity index (χ2v) is 5.45. The number of hydrogen-bond donors (Lipinski definition) is 2. The second kappa shape index (κ2) is 5.97. The van der Waals surface area contributed by atoms with E-state index in [0.717, 1.165) is 22.3 Å². The van der Waals surface area contributed by atoms with Gasteiger partial charge in [-0.3, -0.25) is 4.79 Å². The Morgan fingerprint density at radius 1 is 0.652 bits per heavy atom. The summed E-state index contributed by atoms with van der Waals surface area (Å²) in [5.74, 6) is 0.399.